The van der Waals surface area contributed by atoms with Crippen LogP contribution in [0.3, 0.4) is 0 Å². The van der Waals surface area contributed by atoms with Gasteiger partial charge in [-0.3, -0.25) is 34.1 Å². The number of carbonyl (C=O) groups excluding carboxylic acids is 6. The number of amides is 6. The molecule has 0 spiro atoms. The van der Waals surface area contributed by atoms with Crippen LogP contribution in [0, 0.1) is 11.6 Å². The number of anilines is 2. The molecule has 0 bridgehead atoms. The Morgan fingerprint density at radius 2 is 1.69 bits per heavy atom. The number of benzene rings is 3. The first-order valence-corrected chi connectivity index (χ1v) is 21.0. The molecule has 0 saturated carbocycles. The van der Waals surface area contributed by atoms with Crippen molar-refractivity contribution in [3.63, 3.8) is 0 Å². The Bertz CT molecular complexity index is 2530. The summed E-state index contributed by atoms with van der Waals surface area (Å²) in [6, 6.07) is 16.2. The SMILES string of the molecule is CN(CCCn1c(CNc2cccc(C(=O)NCc3c(F)cccc3F)c2)nnc1-c1ccncn1)C(=O)CCCCCC(=O)Nc1cccc2c1CN(C1CCC(=O)NC1=O)C2=O. The summed E-state index contributed by atoms with van der Waals surface area (Å²) >= 11 is 0. The maximum atomic E-state index is 14.1. The van der Waals surface area contributed by atoms with Gasteiger partial charge in [-0.05, 0) is 74.2 Å². The zero-order valence-electron chi connectivity index (χ0n) is 35.1. The highest BCUT2D eigenvalue weighted by molar-refractivity contribution is 6.06. The van der Waals surface area contributed by atoms with Gasteiger partial charge in [0.25, 0.3) is 11.8 Å². The third-order valence-electron chi connectivity index (χ3n) is 11.2. The number of halogens is 2. The summed E-state index contributed by atoms with van der Waals surface area (Å²) in [7, 11) is 1.75. The molecule has 4 N–H and O–H groups in total. The third-order valence-corrected chi connectivity index (χ3v) is 11.2. The van der Waals surface area contributed by atoms with Gasteiger partial charge in [-0.1, -0.05) is 24.6 Å². The summed E-state index contributed by atoms with van der Waals surface area (Å²) in [5, 5.41) is 19.8. The van der Waals surface area contributed by atoms with E-state index >= 15 is 0 Å². The van der Waals surface area contributed by atoms with E-state index in [-0.39, 0.29) is 73.7 Å². The number of nitrogens with zero attached hydrogens (tertiary/aromatic N) is 7. The maximum absolute atomic E-state index is 14.1. The van der Waals surface area contributed by atoms with Gasteiger partial charge in [-0.15, -0.1) is 10.2 Å². The molecule has 3 aromatic carbocycles. The average Bonchev–Trinajstić information content (AvgIpc) is 3.85. The van der Waals surface area contributed by atoms with Crippen molar-refractivity contribution in [2.75, 3.05) is 24.2 Å². The van der Waals surface area contributed by atoms with E-state index in [0.29, 0.717) is 85.0 Å². The van der Waals surface area contributed by atoms with Gasteiger partial charge in [-0.2, -0.15) is 0 Å². The van der Waals surface area contributed by atoms with Crippen molar-refractivity contribution >= 4 is 46.8 Å². The lowest BCUT2D eigenvalue weighted by molar-refractivity contribution is -0.137. The molecule has 19 heteroatoms. The van der Waals surface area contributed by atoms with Crippen LogP contribution in [0.5, 0.6) is 0 Å². The van der Waals surface area contributed by atoms with Crippen LogP contribution in [0.15, 0.2) is 79.3 Å². The number of rotatable bonds is 19. The van der Waals surface area contributed by atoms with Crippen LogP contribution < -0.4 is 21.3 Å². The van der Waals surface area contributed by atoms with Gasteiger partial charge in [-0.25, -0.2) is 18.7 Å². The van der Waals surface area contributed by atoms with E-state index in [9.17, 15) is 37.5 Å². The normalized spacial score (nSPS) is 14.5. The summed E-state index contributed by atoms with van der Waals surface area (Å²) in [5.74, 6) is -2.32. The van der Waals surface area contributed by atoms with Crippen molar-refractivity contribution in [1.82, 2.24) is 45.2 Å². The van der Waals surface area contributed by atoms with Crippen molar-refractivity contribution in [1.29, 1.82) is 0 Å². The summed E-state index contributed by atoms with van der Waals surface area (Å²) in [5.41, 5.74) is 2.78. The molecule has 1 unspecified atom stereocenters. The summed E-state index contributed by atoms with van der Waals surface area (Å²) < 4.78 is 30.1. The number of carbonyl (C=O) groups is 6. The first-order chi connectivity index (χ1) is 31.0. The van der Waals surface area contributed by atoms with E-state index in [2.05, 4.69) is 41.4 Å². The molecule has 5 aromatic rings. The Balaban J connectivity index is 0.856. The first kappa shape index (κ1) is 44.6. The van der Waals surface area contributed by atoms with Crippen molar-refractivity contribution in [3.8, 4) is 11.5 Å². The van der Waals surface area contributed by atoms with E-state index in [4.69, 9.17) is 0 Å². The number of unbranched alkanes of at least 4 members (excludes halogenated alkanes) is 2. The highest BCUT2D eigenvalue weighted by atomic mass is 19.1. The number of aromatic nitrogens is 5. The van der Waals surface area contributed by atoms with Crippen LogP contribution in [-0.4, -0.2) is 89.6 Å². The zero-order valence-corrected chi connectivity index (χ0v) is 35.1. The fourth-order valence-corrected chi connectivity index (χ4v) is 7.67. The second-order valence-corrected chi connectivity index (χ2v) is 15.5. The summed E-state index contributed by atoms with van der Waals surface area (Å²) in [6.45, 7) is 0.978. The number of hydrogen-bond donors (Lipinski definition) is 4. The molecule has 0 aliphatic carbocycles. The zero-order chi connectivity index (χ0) is 45.2. The molecular formula is C45H47F2N11O6. The van der Waals surface area contributed by atoms with Crippen molar-refractivity contribution < 1.29 is 37.5 Å². The molecule has 0 radical (unpaired) electrons. The lowest BCUT2D eigenvalue weighted by Gasteiger charge is -2.29. The van der Waals surface area contributed by atoms with Crippen LogP contribution in [0.1, 0.15) is 89.0 Å². The first-order valence-electron chi connectivity index (χ1n) is 21.0. The topological polar surface area (TPSA) is 214 Å². The second kappa shape index (κ2) is 20.6. The highest BCUT2D eigenvalue weighted by Crippen LogP contribution is 2.32. The van der Waals surface area contributed by atoms with Crippen LogP contribution >= 0.6 is 0 Å². The number of hydrogen-bond acceptors (Lipinski definition) is 11. The second-order valence-electron chi connectivity index (χ2n) is 15.5. The monoisotopic (exact) mass is 875 g/mol. The highest BCUT2D eigenvalue weighted by Gasteiger charge is 2.40. The van der Waals surface area contributed by atoms with Crippen LogP contribution in [0.2, 0.25) is 0 Å². The summed E-state index contributed by atoms with van der Waals surface area (Å²) in [4.78, 5) is 87.5. The van der Waals surface area contributed by atoms with Gasteiger partial charge in [0.2, 0.25) is 23.6 Å². The molecule has 2 aromatic heterocycles. The number of imide groups is 1. The molecule has 2 aliphatic heterocycles. The predicted molar refractivity (Wildman–Crippen MR) is 229 cm³/mol. The van der Waals surface area contributed by atoms with Gasteiger partial charge >= 0.3 is 0 Å². The summed E-state index contributed by atoms with van der Waals surface area (Å²) in [6.07, 6.45) is 6.34. The van der Waals surface area contributed by atoms with E-state index in [1.54, 1.807) is 66.7 Å². The van der Waals surface area contributed by atoms with Crippen LogP contribution in [-0.2, 0) is 45.4 Å². The Morgan fingerprint density at radius 3 is 2.47 bits per heavy atom. The molecule has 1 saturated heterocycles. The molecule has 7 rings (SSSR count). The van der Waals surface area contributed by atoms with E-state index in [0.717, 1.165) is 12.1 Å². The molecule has 332 valence electrons. The minimum atomic E-state index is -0.750. The van der Waals surface area contributed by atoms with Crippen LogP contribution in [0.4, 0.5) is 20.2 Å². The van der Waals surface area contributed by atoms with Gasteiger partial charge in [0.05, 0.1) is 6.54 Å². The fraction of sp³-hybridized carbons (Fsp3) is 0.333. The fourth-order valence-electron chi connectivity index (χ4n) is 7.67. The molecule has 64 heavy (non-hydrogen) atoms. The molecule has 1 fully saturated rings. The standard InChI is InChI=1S/C45H47F2N11O6/c1-56(41(61)16-4-2-3-15-39(59)52-35-14-6-11-30-32(35)26-58(45(30)64)37-17-18-40(60)53-44(37)63)21-8-22-57-38(54-55-42(57)36-19-20-48-27-51-36)25-49-29-10-5-9-28(23-29)43(62)50-24-31-33(46)12-7-13-34(31)47/h5-7,9-14,19-20,23,27,37,49H,2-4,8,15-18,21-22,24-26H2,1H3,(H,50,62)(H,52,59)(H,53,60,63). The van der Waals surface area contributed by atoms with Gasteiger partial charge < -0.3 is 30.3 Å². The lowest BCUT2D eigenvalue weighted by Crippen LogP contribution is -2.52. The lowest BCUT2D eigenvalue weighted by atomic mass is 10.0. The molecule has 1 atom stereocenters. The molecule has 4 heterocycles. The molecular weight excluding hydrogens is 829 g/mol. The van der Waals surface area contributed by atoms with E-state index < -0.39 is 29.5 Å². The minimum absolute atomic E-state index is 0.0286. The van der Waals surface area contributed by atoms with Gasteiger partial charge in [0, 0.05) is 92.3 Å². The van der Waals surface area contributed by atoms with Crippen molar-refractivity contribution in [2.45, 2.75) is 83.6 Å². The molecule has 6 amide bonds. The molecule has 17 nitrogen and oxygen atoms in total. The largest absolute Gasteiger partial charge is 0.378 e. The number of nitrogens with one attached hydrogen (secondary N) is 4. The smallest absolute Gasteiger partial charge is 0.255 e. The minimum Gasteiger partial charge on any atom is -0.378 e. The van der Waals surface area contributed by atoms with Gasteiger partial charge in [0.1, 0.15) is 29.7 Å². The van der Waals surface area contributed by atoms with Crippen molar-refractivity contribution in [2.24, 2.45) is 0 Å². The average molecular weight is 876 g/mol. The Kier molecular flexibility index (Phi) is 14.4. The predicted octanol–water partition coefficient (Wildman–Crippen LogP) is 4.75. The van der Waals surface area contributed by atoms with Gasteiger partial charge in [0.15, 0.2) is 11.6 Å². The number of fused-ring (bicyclic) bond motifs is 1. The Labute approximate surface area is 367 Å². The quantitative estimate of drug-likeness (QED) is 0.0656. The van der Waals surface area contributed by atoms with Crippen molar-refractivity contribution in [3.05, 3.63) is 119 Å². The maximum Gasteiger partial charge on any atom is 0.255 e. The molecule has 2 aliphatic rings. The van der Waals surface area contributed by atoms with E-state index in [1.807, 2.05) is 4.57 Å². The van der Waals surface area contributed by atoms with E-state index in [1.165, 1.54) is 17.3 Å². The Morgan fingerprint density at radius 1 is 0.906 bits per heavy atom. The van der Waals surface area contributed by atoms with Crippen LogP contribution in [0.25, 0.3) is 11.5 Å². The third kappa shape index (κ3) is 10.8. The Hall–Kier alpha value is -7.44. The number of piperidine rings is 1.